The predicted octanol–water partition coefficient (Wildman–Crippen LogP) is 3.81. The topological polar surface area (TPSA) is 64.5 Å². The molecule has 0 aliphatic heterocycles. The second-order valence-electron chi connectivity index (χ2n) is 4.20. The zero-order chi connectivity index (χ0) is 13.1. The second kappa shape index (κ2) is 4.87. The van der Waals surface area contributed by atoms with Gasteiger partial charge in [0.05, 0.1) is 0 Å². The van der Waals surface area contributed by atoms with E-state index in [0.29, 0.717) is 21.9 Å². The van der Waals surface area contributed by atoms with Crippen molar-refractivity contribution in [2.24, 2.45) is 5.11 Å². The van der Waals surface area contributed by atoms with Gasteiger partial charge in [0, 0.05) is 22.9 Å². The monoisotopic (exact) mass is 241 g/mol. The fourth-order valence-corrected chi connectivity index (χ4v) is 1.61. The SMILES string of the molecule is Cc1cc([N+]([O-])=Nc2ccccc2C)ccc1N. The van der Waals surface area contributed by atoms with Crippen molar-refractivity contribution in [2.75, 3.05) is 5.73 Å². The first-order valence-electron chi connectivity index (χ1n) is 5.68. The molecule has 0 aliphatic rings. The van der Waals surface area contributed by atoms with E-state index < -0.39 is 0 Å². The van der Waals surface area contributed by atoms with Crippen LogP contribution in [0.15, 0.2) is 47.6 Å². The van der Waals surface area contributed by atoms with Crippen molar-refractivity contribution in [1.29, 1.82) is 0 Å². The summed E-state index contributed by atoms with van der Waals surface area (Å²) in [7, 11) is 0. The van der Waals surface area contributed by atoms with Crippen LogP contribution in [0.1, 0.15) is 11.1 Å². The van der Waals surface area contributed by atoms with Gasteiger partial charge >= 0.3 is 0 Å². The van der Waals surface area contributed by atoms with Gasteiger partial charge in [-0.15, -0.1) is 0 Å². The maximum Gasteiger partial charge on any atom is 0.245 e. The molecule has 0 fully saturated rings. The van der Waals surface area contributed by atoms with Gasteiger partial charge in [-0.25, -0.2) is 0 Å². The Balaban J connectivity index is 2.39. The molecule has 2 aromatic carbocycles. The Labute approximate surface area is 106 Å². The number of azo groups is 1. The molecule has 0 saturated heterocycles. The summed E-state index contributed by atoms with van der Waals surface area (Å²) in [6.07, 6.45) is 0. The fourth-order valence-electron chi connectivity index (χ4n) is 1.61. The van der Waals surface area contributed by atoms with Crippen LogP contribution < -0.4 is 5.73 Å². The van der Waals surface area contributed by atoms with Crippen molar-refractivity contribution in [1.82, 2.24) is 0 Å². The minimum atomic E-state index is 0.477. The van der Waals surface area contributed by atoms with Crippen LogP contribution >= 0.6 is 0 Å². The van der Waals surface area contributed by atoms with Crippen LogP contribution in [0.5, 0.6) is 0 Å². The lowest BCUT2D eigenvalue weighted by Gasteiger charge is -2.03. The number of anilines is 1. The van der Waals surface area contributed by atoms with Crippen LogP contribution in [0.2, 0.25) is 0 Å². The molecule has 0 heterocycles. The van der Waals surface area contributed by atoms with E-state index in [2.05, 4.69) is 5.11 Å². The second-order valence-corrected chi connectivity index (χ2v) is 4.20. The maximum atomic E-state index is 11.9. The standard InChI is InChI=1S/C14H15N3O/c1-10-5-3-4-6-14(10)16-17(18)12-7-8-13(15)11(2)9-12/h3-9H,15H2,1-2H3. The van der Waals surface area contributed by atoms with Crippen molar-refractivity contribution >= 4 is 17.1 Å². The van der Waals surface area contributed by atoms with E-state index in [1.165, 1.54) is 0 Å². The van der Waals surface area contributed by atoms with E-state index >= 15 is 0 Å². The third-order valence-corrected chi connectivity index (χ3v) is 2.79. The van der Waals surface area contributed by atoms with Gasteiger partial charge in [0.25, 0.3) is 0 Å². The predicted molar refractivity (Wildman–Crippen MR) is 72.1 cm³/mol. The van der Waals surface area contributed by atoms with Crippen LogP contribution in [0.25, 0.3) is 0 Å². The highest BCUT2D eigenvalue weighted by molar-refractivity contribution is 5.52. The Bertz CT molecular complexity index is 606. The summed E-state index contributed by atoms with van der Waals surface area (Å²) in [6.45, 7) is 3.78. The minimum absolute atomic E-state index is 0.477. The van der Waals surface area contributed by atoms with Gasteiger partial charge in [0.2, 0.25) is 5.69 Å². The molecular formula is C14H15N3O. The van der Waals surface area contributed by atoms with E-state index in [1.54, 1.807) is 18.2 Å². The zero-order valence-corrected chi connectivity index (χ0v) is 10.4. The number of aryl methyl sites for hydroxylation is 2. The van der Waals surface area contributed by atoms with Gasteiger partial charge in [-0.2, -0.15) is 0 Å². The summed E-state index contributed by atoms with van der Waals surface area (Å²) in [5, 5.41) is 16.0. The van der Waals surface area contributed by atoms with E-state index in [-0.39, 0.29) is 0 Å². The van der Waals surface area contributed by atoms with Gasteiger partial charge in [0.1, 0.15) is 5.69 Å². The molecule has 4 nitrogen and oxygen atoms in total. The first kappa shape index (κ1) is 12.1. The van der Waals surface area contributed by atoms with Crippen LogP contribution in [0, 0.1) is 19.1 Å². The largest absolute Gasteiger partial charge is 0.594 e. The summed E-state index contributed by atoms with van der Waals surface area (Å²) in [5.41, 5.74) is 9.36. The maximum absolute atomic E-state index is 11.9. The zero-order valence-electron chi connectivity index (χ0n) is 10.4. The molecule has 0 aromatic heterocycles. The highest BCUT2D eigenvalue weighted by Crippen LogP contribution is 2.23. The lowest BCUT2D eigenvalue weighted by molar-refractivity contribution is -0.435. The minimum Gasteiger partial charge on any atom is -0.594 e. The summed E-state index contributed by atoms with van der Waals surface area (Å²) < 4.78 is 0. The van der Waals surface area contributed by atoms with Gasteiger partial charge in [0.15, 0.2) is 0 Å². The highest BCUT2D eigenvalue weighted by atomic mass is 16.5. The van der Waals surface area contributed by atoms with E-state index in [0.717, 1.165) is 11.1 Å². The molecule has 0 radical (unpaired) electrons. The van der Waals surface area contributed by atoms with Crippen LogP contribution in [0.4, 0.5) is 17.1 Å². The van der Waals surface area contributed by atoms with Gasteiger partial charge in [-0.05, 0) is 37.1 Å². The number of rotatable bonds is 2. The molecule has 0 saturated carbocycles. The lowest BCUT2D eigenvalue weighted by atomic mass is 10.2. The molecule has 0 spiro atoms. The first-order chi connectivity index (χ1) is 8.58. The molecule has 2 N–H and O–H groups in total. The number of nitrogen functional groups attached to an aromatic ring is 1. The molecular weight excluding hydrogens is 226 g/mol. The van der Waals surface area contributed by atoms with Gasteiger partial charge in [-0.3, -0.25) is 0 Å². The smallest absolute Gasteiger partial charge is 0.245 e. The first-order valence-corrected chi connectivity index (χ1v) is 5.68. The molecule has 18 heavy (non-hydrogen) atoms. The van der Waals surface area contributed by atoms with Crippen molar-refractivity contribution in [3.05, 3.63) is 58.8 Å². The highest BCUT2D eigenvalue weighted by Gasteiger charge is 2.07. The normalized spacial score (nSPS) is 11.6. The number of benzene rings is 2. The molecule has 0 unspecified atom stereocenters. The average Bonchev–Trinajstić information content (AvgIpc) is 2.35. The Morgan fingerprint density at radius 1 is 1.06 bits per heavy atom. The van der Waals surface area contributed by atoms with Gasteiger partial charge in [-0.1, -0.05) is 23.1 Å². The molecule has 2 rings (SSSR count). The third-order valence-electron chi connectivity index (χ3n) is 2.79. The van der Waals surface area contributed by atoms with E-state index in [4.69, 9.17) is 5.73 Å². The van der Waals surface area contributed by atoms with Crippen LogP contribution in [0.3, 0.4) is 0 Å². The lowest BCUT2D eigenvalue weighted by Crippen LogP contribution is -1.94. The Morgan fingerprint density at radius 2 is 1.78 bits per heavy atom. The molecule has 92 valence electrons. The van der Waals surface area contributed by atoms with Crippen molar-refractivity contribution < 1.29 is 4.86 Å². The number of nitrogens with two attached hydrogens (primary N) is 1. The van der Waals surface area contributed by atoms with E-state index in [9.17, 15) is 5.21 Å². The summed E-state index contributed by atoms with van der Waals surface area (Å²) in [5.74, 6) is 0. The Hall–Kier alpha value is -2.36. The Morgan fingerprint density at radius 3 is 2.44 bits per heavy atom. The van der Waals surface area contributed by atoms with Crippen LogP contribution in [-0.2, 0) is 0 Å². The molecule has 0 aliphatic carbocycles. The van der Waals surface area contributed by atoms with Crippen molar-refractivity contribution in [2.45, 2.75) is 13.8 Å². The summed E-state index contributed by atoms with van der Waals surface area (Å²) in [4.78, 5) is 0.620. The molecule has 0 atom stereocenters. The molecule has 4 heteroatoms. The number of hydrogen-bond acceptors (Lipinski definition) is 3. The van der Waals surface area contributed by atoms with Crippen molar-refractivity contribution in [3.8, 4) is 0 Å². The molecule has 0 bridgehead atoms. The van der Waals surface area contributed by atoms with Crippen LogP contribution in [-0.4, -0.2) is 4.86 Å². The molecule has 2 aromatic rings. The van der Waals surface area contributed by atoms with Crippen molar-refractivity contribution in [3.63, 3.8) is 0 Å². The summed E-state index contributed by atoms with van der Waals surface area (Å²) in [6, 6.07) is 12.6. The van der Waals surface area contributed by atoms with E-state index in [1.807, 2.05) is 38.1 Å². The molecule has 0 amide bonds. The number of hydrogen-bond donors (Lipinski definition) is 1. The fraction of sp³-hybridized carbons (Fsp3) is 0.143. The quantitative estimate of drug-likeness (QED) is 0.376. The average molecular weight is 241 g/mol. The summed E-state index contributed by atoms with van der Waals surface area (Å²) >= 11 is 0. The Kier molecular flexibility index (Phi) is 3.28. The third kappa shape index (κ3) is 2.48. The number of nitrogens with zero attached hydrogens (tertiary/aromatic N) is 2. The van der Waals surface area contributed by atoms with Gasteiger partial charge < -0.3 is 10.9 Å².